The molecule has 0 fully saturated rings. The van der Waals surface area contributed by atoms with Gasteiger partial charge in [0.15, 0.2) is 15.5 Å². The van der Waals surface area contributed by atoms with Crippen molar-refractivity contribution in [3.05, 3.63) is 0 Å². The molecule has 0 spiro atoms. The lowest BCUT2D eigenvalue weighted by atomic mass is 10.0. The van der Waals surface area contributed by atoms with Crippen LogP contribution in [0.2, 0.25) is 0 Å². The fourth-order valence-electron chi connectivity index (χ4n) is 3.23. The van der Waals surface area contributed by atoms with E-state index in [1.54, 1.807) is 0 Å². The van der Waals surface area contributed by atoms with Gasteiger partial charge in [-0.05, 0) is 6.42 Å². The number of hydrogen-bond acceptors (Lipinski definition) is 8. The van der Waals surface area contributed by atoms with E-state index in [9.17, 15) is 9.59 Å². The maximum absolute atomic E-state index is 10.8. The van der Waals surface area contributed by atoms with Crippen molar-refractivity contribution < 1.29 is 19.8 Å². The molecule has 1 aromatic rings. The van der Waals surface area contributed by atoms with E-state index in [4.69, 9.17) is 10.2 Å². The van der Waals surface area contributed by atoms with E-state index in [-0.39, 0.29) is 11.5 Å². The molecule has 0 aliphatic carbocycles. The highest BCUT2D eigenvalue weighted by Crippen LogP contribution is 2.24. The van der Waals surface area contributed by atoms with E-state index in [0.29, 0.717) is 15.5 Å². The predicted molar refractivity (Wildman–Crippen MR) is 138 cm³/mol. The average molecular weight is 518 g/mol. The molecule has 10 heteroatoms. The number of rotatable bonds is 22. The molecule has 0 aliphatic rings. The molecule has 33 heavy (non-hydrogen) atoms. The van der Waals surface area contributed by atoms with Gasteiger partial charge in [0.1, 0.15) is 0 Å². The van der Waals surface area contributed by atoms with Crippen LogP contribution < -0.4 is 0 Å². The molecule has 0 unspecified atom stereocenters. The van der Waals surface area contributed by atoms with Crippen LogP contribution in [0.1, 0.15) is 96.8 Å². The first-order valence-electron chi connectivity index (χ1n) is 12.1. The monoisotopic (exact) mass is 517 g/mol. The summed E-state index contributed by atoms with van der Waals surface area (Å²) < 4.78 is 0. The molecular weight excluding hydrogens is 478 g/mol. The van der Waals surface area contributed by atoms with Gasteiger partial charge in [-0.15, -0.1) is 0 Å². The summed E-state index contributed by atoms with van der Waals surface area (Å²) in [5.74, 6) is -1.30. The highest BCUT2D eigenvalue weighted by atomic mass is 32.2. The maximum Gasteiger partial charge on any atom is 0.313 e. The van der Waals surface area contributed by atoms with Crippen LogP contribution in [0.15, 0.2) is 15.5 Å². The number of thioether (sulfide) groups is 3. The molecule has 2 N–H and O–H groups in total. The van der Waals surface area contributed by atoms with Crippen molar-refractivity contribution in [3.63, 3.8) is 0 Å². The summed E-state index contributed by atoms with van der Waals surface area (Å²) in [6, 6.07) is 0. The summed E-state index contributed by atoms with van der Waals surface area (Å²) in [6.07, 6.45) is 18.5. The van der Waals surface area contributed by atoms with Crippen molar-refractivity contribution in [1.29, 1.82) is 0 Å². The van der Waals surface area contributed by atoms with Gasteiger partial charge in [0, 0.05) is 5.75 Å². The standard InChI is InChI=1S/C23H39N3O4S3/c1-2-3-4-5-6-7-8-9-10-11-12-13-14-15-16-31-21-24-22(32-17-19(27)28)26-23(25-21)33-18-20(29)30/h2-18H2,1H3,(H,27,28)(H,29,30). The summed E-state index contributed by atoms with van der Waals surface area (Å²) in [7, 11) is 0. The van der Waals surface area contributed by atoms with Crippen molar-refractivity contribution >= 4 is 47.2 Å². The van der Waals surface area contributed by atoms with Gasteiger partial charge < -0.3 is 10.2 Å². The van der Waals surface area contributed by atoms with Crippen LogP contribution in [0.4, 0.5) is 0 Å². The zero-order valence-corrected chi connectivity index (χ0v) is 22.2. The maximum atomic E-state index is 10.8. The number of aromatic nitrogens is 3. The molecule has 0 saturated heterocycles. The molecule has 0 atom stereocenters. The van der Waals surface area contributed by atoms with E-state index in [0.717, 1.165) is 35.7 Å². The largest absolute Gasteiger partial charge is 0.481 e. The molecule has 0 radical (unpaired) electrons. The number of unbranched alkanes of at least 4 members (excludes halogenated alkanes) is 13. The summed E-state index contributed by atoms with van der Waals surface area (Å²) in [4.78, 5) is 34.4. The van der Waals surface area contributed by atoms with Crippen LogP contribution >= 0.6 is 35.3 Å². The fraction of sp³-hybridized carbons (Fsp3) is 0.783. The fourth-order valence-corrected chi connectivity index (χ4v) is 5.34. The van der Waals surface area contributed by atoms with E-state index >= 15 is 0 Å². The SMILES string of the molecule is CCCCCCCCCCCCCCCCSc1nc(SCC(=O)O)nc(SCC(=O)O)n1. The lowest BCUT2D eigenvalue weighted by Crippen LogP contribution is -2.04. The van der Waals surface area contributed by atoms with E-state index in [2.05, 4.69) is 21.9 Å². The van der Waals surface area contributed by atoms with E-state index in [1.807, 2.05) is 0 Å². The van der Waals surface area contributed by atoms with Gasteiger partial charge in [0.2, 0.25) is 0 Å². The summed E-state index contributed by atoms with van der Waals surface area (Å²) >= 11 is 3.56. The van der Waals surface area contributed by atoms with Gasteiger partial charge in [0.05, 0.1) is 11.5 Å². The molecule has 1 aromatic heterocycles. The van der Waals surface area contributed by atoms with Gasteiger partial charge >= 0.3 is 11.9 Å². The van der Waals surface area contributed by atoms with Crippen LogP contribution in [0.5, 0.6) is 0 Å². The van der Waals surface area contributed by atoms with Crippen LogP contribution in [0.3, 0.4) is 0 Å². The molecule has 188 valence electrons. The number of aliphatic carboxylic acids is 2. The Labute approximate surface area is 211 Å². The minimum absolute atomic E-state index is 0.143. The normalized spacial score (nSPS) is 11.1. The summed E-state index contributed by atoms with van der Waals surface area (Å²) in [6.45, 7) is 2.26. The van der Waals surface area contributed by atoms with Gasteiger partial charge in [0.25, 0.3) is 0 Å². The number of carbonyl (C=O) groups is 2. The number of hydrogen-bond donors (Lipinski definition) is 2. The Hall–Kier alpha value is -1.00. The topological polar surface area (TPSA) is 113 Å². The van der Waals surface area contributed by atoms with Crippen molar-refractivity contribution in [3.8, 4) is 0 Å². The van der Waals surface area contributed by atoms with Gasteiger partial charge in [-0.3, -0.25) is 9.59 Å². The molecule has 0 aromatic carbocycles. The minimum Gasteiger partial charge on any atom is -0.481 e. The second kappa shape index (κ2) is 20.4. The highest BCUT2D eigenvalue weighted by molar-refractivity contribution is 8.00. The first-order valence-corrected chi connectivity index (χ1v) is 15.0. The second-order valence-corrected chi connectivity index (χ2v) is 10.9. The van der Waals surface area contributed by atoms with Crippen molar-refractivity contribution in [2.24, 2.45) is 0 Å². The molecule has 0 amide bonds. The molecule has 1 rings (SSSR count). The summed E-state index contributed by atoms with van der Waals surface area (Å²) in [5.41, 5.74) is 0. The number of carboxylic acids is 2. The van der Waals surface area contributed by atoms with Crippen molar-refractivity contribution in [2.45, 2.75) is 112 Å². The lowest BCUT2D eigenvalue weighted by Gasteiger charge is -2.06. The van der Waals surface area contributed by atoms with Crippen LogP contribution in [0, 0.1) is 0 Å². The van der Waals surface area contributed by atoms with E-state index < -0.39 is 11.9 Å². The highest BCUT2D eigenvalue weighted by Gasteiger charge is 2.11. The van der Waals surface area contributed by atoms with Crippen LogP contribution in [-0.2, 0) is 9.59 Å². The van der Waals surface area contributed by atoms with Crippen molar-refractivity contribution in [2.75, 3.05) is 17.3 Å². The van der Waals surface area contributed by atoms with Gasteiger partial charge in [-0.2, -0.15) is 15.0 Å². The molecule has 0 bridgehead atoms. The van der Waals surface area contributed by atoms with Crippen LogP contribution in [0.25, 0.3) is 0 Å². The third kappa shape index (κ3) is 18.1. The first kappa shape index (κ1) is 30.0. The number of nitrogens with zero attached hydrogens (tertiary/aromatic N) is 3. The van der Waals surface area contributed by atoms with Crippen LogP contribution in [-0.4, -0.2) is 54.4 Å². The molecular formula is C23H39N3O4S3. The summed E-state index contributed by atoms with van der Waals surface area (Å²) in [5, 5.41) is 18.9. The molecule has 0 saturated carbocycles. The van der Waals surface area contributed by atoms with Gasteiger partial charge in [-0.1, -0.05) is 126 Å². The Balaban J connectivity index is 2.16. The third-order valence-corrected chi connectivity index (χ3v) is 7.55. The first-order chi connectivity index (χ1) is 16.0. The number of carboxylic acid groups (broad SMARTS) is 2. The Morgan fingerprint density at radius 2 is 0.909 bits per heavy atom. The Morgan fingerprint density at radius 3 is 1.27 bits per heavy atom. The van der Waals surface area contributed by atoms with Crippen molar-refractivity contribution in [1.82, 2.24) is 15.0 Å². The zero-order valence-electron chi connectivity index (χ0n) is 19.8. The van der Waals surface area contributed by atoms with E-state index in [1.165, 1.54) is 95.2 Å². The predicted octanol–water partition coefficient (Wildman–Crippen LogP) is 6.80. The Kier molecular flexibility index (Phi) is 18.5. The second-order valence-electron chi connectivity index (χ2n) is 7.99. The Bertz CT molecular complexity index is 644. The molecule has 1 heterocycles. The smallest absolute Gasteiger partial charge is 0.313 e. The Morgan fingerprint density at radius 1 is 0.576 bits per heavy atom. The quantitative estimate of drug-likeness (QED) is 0.126. The lowest BCUT2D eigenvalue weighted by molar-refractivity contribution is -0.134. The zero-order chi connectivity index (χ0) is 24.2. The van der Waals surface area contributed by atoms with Gasteiger partial charge in [-0.25, -0.2) is 0 Å². The average Bonchev–Trinajstić information content (AvgIpc) is 2.79. The minimum atomic E-state index is -0.947. The molecule has 7 nitrogen and oxygen atoms in total. The molecule has 0 aliphatic heterocycles. The third-order valence-electron chi connectivity index (χ3n) is 4.95.